The van der Waals surface area contributed by atoms with Gasteiger partial charge >= 0.3 is 6.18 Å². The quantitative estimate of drug-likeness (QED) is 0.784. The molecule has 1 saturated carbocycles. The van der Waals surface area contributed by atoms with Crippen LogP contribution in [0.4, 0.5) is 13.2 Å². The molecule has 1 amide bonds. The van der Waals surface area contributed by atoms with E-state index in [2.05, 4.69) is 20.8 Å². The summed E-state index contributed by atoms with van der Waals surface area (Å²) in [5.41, 5.74) is 5.60. The fourth-order valence-corrected chi connectivity index (χ4v) is 2.65. The van der Waals surface area contributed by atoms with Gasteiger partial charge in [-0.2, -0.15) is 13.2 Å². The summed E-state index contributed by atoms with van der Waals surface area (Å²) in [7, 11) is 0. The molecule has 124 valence electrons. The Hall–Kier alpha value is -0.780. The van der Waals surface area contributed by atoms with Crippen LogP contribution in [-0.4, -0.2) is 36.1 Å². The van der Waals surface area contributed by atoms with Crippen molar-refractivity contribution in [2.75, 3.05) is 13.1 Å². The van der Waals surface area contributed by atoms with Gasteiger partial charge in [0.05, 0.1) is 0 Å². The fourth-order valence-electron chi connectivity index (χ4n) is 2.65. The third-order valence-electron chi connectivity index (χ3n) is 4.10. The summed E-state index contributed by atoms with van der Waals surface area (Å²) >= 11 is 0. The molecule has 1 fully saturated rings. The van der Waals surface area contributed by atoms with Crippen LogP contribution in [0.1, 0.15) is 52.9 Å². The molecule has 1 aliphatic rings. The highest BCUT2D eigenvalue weighted by Crippen LogP contribution is 2.34. The molecule has 2 N–H and O–H groups in total. The predicted molar refractivity (Wildman–Crippen MR) is 76.6 cm³/mol. The molecule has 0 spiro atoms. The Bertz CT molecular complexity index is 346. The molecule has 0 radical (unpaired) electrons. The van der Waals surface area contributed by atoms with E-state index >= 15 is 0 Å². The van der Waals surface area contributed by atoms with Crippen LogP contribution in [0.25, 0.3) is 0 Å². The summed E-state index contributed by atoms with van der Waals surface area (Å²) in [6.45, 7) is 5.64. The van der Waals surface area contributed by atoms with E-state index in [4.69, 9.17) is 5.73 Å². The van der Waals surface area contributed by atoms with Gasteiger partial charge in [-0.15, -0.1) is 0 Å². The minimum atomic E-state index is -4.32. The van der Waals surface area contributed by atoms with Gasteiger partial charge in [0.2, 0.25) is 5.91 Å². The number of carbonyl (C=O) groups excluding carboxylic acids is 1. The molecule has 1 rings (SSSR count). The van der Waals surface area contributed by atoms with Gasteiger partial charge in [0.15, 0.2) is 0 Å². The summed E-state index contributed by atoms with van der Waals surface area (Å²) in [6, 6.07) is -0.207. The second-order valence-corrected chi connectivity index (χ2v) is 7.05. The van der Waals surface area contributed by atoms with Crippen LogP contribution in [0.15, 0.2) is 0 Å². The topological polar surface area (TPSA) is 46.3 Å². The molecule has 0 aromatic carbocycles. The molecule has 6 heteroatoms. The Morgan fingerprint density at radius 3 is 2.19 bits per heavy atom. The number of carbonyl (C=O) groups is 1. The maximum atomic E-state index is 12.6. The van der Waals surface area contributed by atoms with Crippen molar-refractivity contribution in [3.05, 3.63) is 0 Å². The van der Waals surface area contributed by atoms with Gasteiger partial charge in [-0.3, -0.25) is 4.79 Å². The van der Waals surface area contributed by atoms with Crippen LogP contribution in [0.3, 0.4) is 0 Å². The SMILES string of the molecule is CC(C)(C)C(CCN)CCC(=O)N(CC(F)(F)F)C1CC1. The molecule has 3 nitrogen and oxygen atoms in total. The van der Waals surface area contributed by atoms with Crippen molar-refractivity contribution in [1.29, 1.82) is 0 Å². The van der Waals surface area contributed by atoms with E-state index in [0.717, 1.165) is 11.3 Å². The summed E-state index contributed by atoms with van der Waals surface area (Å²) in [4.78, 5) is 13.1. The highest BCUT2D eigenvalue weighted by atomic mass is 19.4. The zero-order valence-corrected chi connectivity index (χ0v) is 13.2. The third-order valence-corrected chi connectivity index (χ3v) is 4.10. The smallest absolute Gasteiger partial charge is 0.331 e. The van der Waals surface area contributed by atoms with E-state index in [1.807, 2.05) is 0 Å². The number of hydrogen-bond donors (Lipinski definition) is 1. The first-order valence-electron chi connectivity index (χ1n) is 7.61. The number of amides is 1. The predicted octanol–water partition coefficient (Wildman–Crippen LogP) is 3.33. The van der Waals surface area contributed by atoms with Crippen LogP contribution < -0.4 is 5.73 Å². The van der Waals surface area contributed by atoms with Gasteiger partial charge in [-0.1, -0.05) is 20.8 Å². The molecule has 0 aromatic heterocycles. The molecular weight excluding hydrogens is 281 g/mol. The number of nitrogens with two attached hydrogens (primary N) is 1. The van der Waals surface area contributed by atoms with Gasteiger partial charge in [0.25, 0.3) is 0 Å². The second-order valence-electron chi connectivity index (χ2n) is 7.05. The largest absolute Gasteiger partial charge is 0.406 e. The van der Waals surface area contributed by atoms with Crippen molar-refractivity contribution in [2.24, 2.45) is 17.1 Å². The number of hydrogen-bond acceptors (Lipinski definition) is 2. The molecule has 1 aliphatic carbocycles. The van der Waals surface area contributed by atoms with Crippen LogP contribution in [0.5, 0.6) is 0 Å². The monoisotopic (exact) mass is 308 g/mol. The highest BCUT2D eigenvalue weighted by Gasteiger charge is 2.40. The van der Waals surface area contributed by atoms with E-state index in [0.29, 0.717) is 25.8 Å². The average molecular weight is 308 g/mol. The first-order valence-corrected chi connectivity index (χ1v) is 7.61. The van der Waals surface area contributed by atoms with Gasteiger partial charge in [-0.05, 0) is 43.6 Å². The van der Waals surface area contributed by atoms with Gasteiger partial charge in [0.1, 0.15) is 6.54 Å². The van der Waals surface area contributed by atoms with E-state index in [1.165, 1.54) is 0 Å². The number of rotatable bonds is 7. The lowest BCUT2D eigenvalue weighted by Gasteiger charge is -2.31. The Labute approximate surface area is 125 Å². The summed E-state index contributed by atoms with van der Waals surface area (Å²) in [5, 5.41) is 0. The van der Waals surface area contributed by atoms with Crippen molar-refractivity contribution in [2.45, 2.75) is 65.1 Å². The highest BCUT2D eigenvalue weighted by molar-refractivity contribution is 5.77. The standard InChI is InChI=1S/C15H27F3N2O/c1-14(2,3)11(8-9-19)4-7-13(21)20(12-5-6-12)10-15(16,17)18/h11-12H,4-10,19H2,1-3H3. The maximum absolute atomic E-state index is 12.6. The van der Waals surface area contributed by atoms with Crippen LogP contribution >= 0.6 is 0 Å². The molecule has 0 aromatic rings. The van der Waals surface area contributed by atoms with Gasteiger partial charge in [-0.25, -0.2) is 0 Å². The molecule has 21 heavy (non-hydrogen) atoms. The first-order chi connectivity index (χ1) is 9.54. The second kappa shape index (κ2) is 6.99. The van der Waals surface area contributed by atoms with Crippen LogP contribution in [0, 0.1) is 11.3 Å². The number of nitrogens with zero attached hydrogens (tertiary/aromatic N) is 1. The van der Waals surface area contributed by atoms with Crippen LogP contribution in [0.2, 0.25) is 0 Å². The third kappa shape index (κ3) is 6.68. The average Bonchev–Trinajstić information content (AvgIpc) is 3.12. The lowest BCUT2D eigenvalue weighted by atomic mass is 9.76. The Morgan fingerprint density at radius 1 is 1.24 bits per heavy atom. The molecule has 0 bridgehead atoms. The Kier molecular flexibility index (Phi) is 6.08. The molecule has 0 aliphatic heterocycles. The molecule has 1 unspecified atom stereocenters. The summed E-state index contributed by atoms with van der Waals surface area (Å²) < 4.78 is 37.7. The van der Waals surface area contributed by atoms with Gasteiger partial charge < -0.3 is 10.6 Å². The Morgan fingerprint density at radius 2 is 1.81 bits per heavy atom. The minimum Gasteiger partial charge on any atom is -0.331 e. The first kappa shape index (κ1) is 18.3. The van der Waals surface area contributed by atoms with Crippen molar-refractivity contribution >= 4 is 5.91 Å². The summed E-state index contributed by atoms with van der Waals surface area (Å²) in [5.74, 6) is -0.125. The molecule has 0 saturated heterocycles. The van der Waals surface area contributed by atoms with Gasteiger partial charge in [0, 0.05) is 12.5 Å². The minimum absolute atomic E-state index is 0.00802. The number of halogens is 3. The zero-order chi connectivity index (χ0) is 16.3. The van der Waals surface area contributed by atoms with E-state index in [1.54, 1.807) is 0 Å². The molecule has 1 atom stereocenters. The van der Waals surface area contributed by atoms with Crippen molar-refractivity contribution in [3.8, 4) is 0 Å². The molecule has 0 heterocycles. The van der Waals surface area contributed by atoms with E-state index in [9.17, 15) is 18.0 Å². The normalized spacial score (nSPS) is 17.7. The fraction of sp³-hybridized carbons (Fsp3) is 0.933. The van der Waals surface area contributed by atoms with Crippen molar-refractivity contribution in [1.82, 2.24) is 4.90 Å². The summed E-state index contributed by atoms with van der Waals surface area (Å²) in [6.07, 6.45) is -1.38. The lowest BCUT2D eigenvalue weighted by Crippen LogP contribution is -2.40. The zero-order valence-electron chi connectivity index (χ0n) is 13.2. The van der Waals surface area contributed by atoms with E-state index in [-0.39, 0.29) is 29.7 Å². The van der Waals surface area contributed by atoms with Crippen molar-refractivity contribution < 1.29 is 18.0 Å². The van der Waals surface area contributed by atoms with Crippen molar-refractivity contribution in [3.63, 3.8) is 0 Å². The maximum Gasteiger partial charge on any atom is 0.406 e. The lowest BCUT2D eigenvalue weighted by molar-refractivity contribution is -0.162. The van der Waals surface area contributed by atoms with Crippen LogP contribution in [-0.2, 0) is 4.79 Å². The molecular formula is C15H27F3N2O. The number of alkyl halides is 3. The Balaban J connectivity index is 2.56. The van der Waals surface area contributed by atoms with E-state index < -0.39 is 12.7 Å².